The fourth-order valence-corrected chi connectivity index (χ4v) is 1.64. The Bertz CT molecular complexity index is 374. The van der Waals surface area contributed by atoms with Crippen LogP contribution in [0, 0.1) is 0 Å². The molecule has 4 heteroatoms. The lowest BCUT2D eigenvalue weighted by Crippen LogP contribution is -2.20. The maximum absolute atomic E-state index is 11.3. The van der Waals surface area contributed by atoms with Crippen molar-refractivity contribution in [3.8, 4) is 0 Å². The second kappa shape index (κ2) is 3.38. The summed E-state index contributed by atoms with van der Waals surface area (Å²) in [5.74, 6) is -0.346. The lowest BCUT2D eigenvalue weighted by atomic mass is 9.97. The predicted octanol–water partition coefficient (Wildman–Crippen LogP) is 0.848. The molecule has 2 heterocycles. The first-order chi connectivity index (χ1) is 6.70. The molecule has 0 bridgehead atoms. The van der Waals surface area contributed by atoms with Crippen LogP contribution in [0.5, 0.6) is 0 Å². The molecule has 0 aliphatic carbocycles. The maximum atomic E-state index is 11.3. The molecule has 1 atom stereocenters. The molecule has 74 valence electrons. The van der Waals surface area contributed by atoms with Crippen molar-refractivity contribution in [2.24, 2.45) is 0 Å². The molecule has 0 unspecified atom stereocenters. The van der Waals surface area contributed by atoms with Crippen LogP contribution in [0.25, 0.3) is 0 Å². The van der Waals surface area contributed by atoms with Gasteiger partial charge in [0.15, 0.2) is 0 Å². The zero-order valence-electron chi connectivity index (χ0n) is 7.86. The third-order valence-electron chi connectivity index (χ3n) is 2.35. The number of hydrogen-bond donors (Lipinski definition) is 1. The summed E-state index contributed by atoms with van der Waals surface area (Å²) in [6, 6.07) is 0. The minimum Gasteiger partial charge on any atom is -0.462 e. The average Bonchev–Trinajstić information content (AvgIpc) is 2.17. The van der Waals surface area contributed by atoms with Crippen molar-refractivity contribution in [1.82, 2.24) is 4.98 Å². The minimum absolute atomic E-state index is 0.346. The number of pyridine rings is 1. The number of fused-ring (bicyclic) bond motifs is 1. The van der Waals surface area contributed by atoms with Gasteiger partial charge in [-0.25, -0.2) is 4.79 Å². The van der Waals surface area contributed by atoms with Gasteiger partial charge in [-0.3, -0.25) is 4.98 Å². The third kappa shape index (κ3) is 1.37. The molecule has 1 aromatic rings. The third-order valence-corrected chi connectivity index (χ3v) is 2.35. The summed E-state index contributed by atoms with van der Waals surface area (Å²) in [7, 11) is 0. The number of esters is 1. The van der Waals surface area contributed by atoms with Crippen LogP contribution >= 0.6 is 0 Å². The monoisotopic (exact) mass is 193 g/mol. The Hall–Kier alpha value is -1.42. The average molecular weight is 193 g/mol. The number of hydrogen-bond acceptors (Lipinski definition) is 4. The van der Waals surface area contributed by atoms with Crippen molar-refractivity contribution in [3.63, 3.8) is 0 Å². The number of nitrogens with zero attached hydrogens (tertiary/aromatic N) is 1. The second-order valence-electron chi connectivity index (χ2n) is 3.32. The molecule has 0 saturated heterocycles. The van der Waals surface area contributed by atoms with Gasteiger partial charge in [0.25, 0.3) is 0 Å². The van der Waals surface area contributed by atoms with Crippen LogP contribution in [0.4, 0.5) is 0 Å². The molecular weight excluding hydrogens is 182 g/mol. The fraction of sp³-hybridized carbons (Fsp3) is 0.400. The van der Waals surface area contributed by atoms with Crippen molar-refractivity contribution < 1.29 is 14.6 Å². The highest BCUT2D eigenvalue weighted by Gasteiger charge is 2.22. The highest BCUT2D eigenvalue weighted by atomic mass is 16.5. The summed E-state index contributed by atoms with van der Waals surface area (Å²) in [4.78, 5) is 15.2. The molecule has 2 rings (SSSR count). The Kier molecular flexibility index (Phi) is 2.21. The Balaban J connectivity index is 2.55. The summed E-state index contributed by atoms with van der Waals surface area (Å²) in [5, 5.41) is 9.47. The highest BCUT2D eigenvalue weighted by molar-refractivity contribution is 5.92. The van der Waals surface area contributed by atoms with Gasteiger partial charge in [-0.15, -0.1) is 0 Å². The Morgan fingerprint density at radius 1 is 1.57 bits per heavy atom. The number of cyclic esters (lactones) is 1. The van der Waals surface area contributed by atoms with E-state index in [1.165, 1.54) is 6.20 Å². The van der Waals surface area contributed by atoms with Gasteiger partial charge in [-0.1, -0.05) is 0 Å². The maximum Gasteiger partial charge on any atom is 0.340 e. The summed E-state index contributed by atoms with van der Waals surface area (Å²) < 4.78 is 4.88. The standard InChI is InChI=1S/C10H11NO3/c1-6(12)8-4-11-5-9-7(8)2-3-14-10(9)13/h4-6,12H,2-3H2,1H3/t6-/m1/s1. The predicted molar refractivity (Wildman–Crippen MR) is 48.9 cm³/mol. The van der Waals surface area contributed by atoms with E-state index in [-0.39, 0.29) is 5.97 Å². The SMILES string of the molecule is C[C@@H](O)c1cncc2c1CCOC2=O. The molecule has 1 aliphatic rings. The van der Waals surface area contributed by atoms with Gasteiger partial charge in [-0.05, 0) is 12.5 Å². The number of carbonyl (C=O) groups excluding carboxylic acids is 1. The van der Waals surface area contributed by atoms with Crippen LogP contribution in [0.2, 0.25) is 0 Å². The molecule has 0 saturated carbocycles. The van der Waals surface area contributed by atoms with Crippen LogP contribution in [-0.4, -0.2) is 22.7 Å². The number of aliphatic hydroxyl groups is 1. The van der Waals surface area contributed by atoms with E-state index in [0.29, 0.717) is 18.6 Å². The number of rotatable bonds is 1. The van der Waals surface area contributed by atoms with E-state index in [9.17, 15) is 9.90 Å². The molecule has 0 aromatic carbocycles. The number of ether oxygens (including phenoxy) is 1. The second-order valence-corrected chi connectivity index (χ2v) is 3.32. The topological polar surface area (TPSA) is 59.4 Å². The Morgan fingerprint density at radius 3 is 3.07 bits per heavy atom. The fourth-order valence-electron chi connectivity index (χ4n) is 1.64. The van der Waals surface area contributed by atoms with Crippen molar-refractivity contribution >= 4 is 5.97 Å². The highest BCUT2D eigenvalue weighted by Crippen LogP contribution is 2.24. The molecule has 0 spiro atoms. The van der Waals surface area contributed by atoms with Gasteiger partial charge < -0.3 is 9.84 Å². The Labute approximate surface area is 81.5 Å². The summed E-state index contributed by atoms with van der Waals surface area (Å²) in [5.41, 5.74) is 2.07. The van der Waals surface area contributed by atoms with E-state index in [2.05, 4.69) is 4.98 Å². The number of aromatic nitrogens is 1. The molecule has 0 fully saturated rings. The molecule has 1 aliphatic heterocycles. The van der Waals surface area contributed by atoms with Crippen molar-refractivity contribution in [3.05, 3.63) is 29.1 Å². The largest absolute Gasteiger partial charge is 0.462 e. The quantitative estimate of drug-likeness (QED) is 0.671. The first-order valence-electron chi connectivity index (χ1n) is 4.52. The number of aliphatic hydroxyl groups excluding tert-OH is 1. The minimum atomic E-state index is -0.594. The lowest BCUT2D eigenvalue weighted by molar-refractivity contribution is 0.0477. The van der Waals surface area contributed by atoms with Crippen LogP contribution in [0.3, 0.4) is 0 Å². The van der Waals surface area contributed by atoms with Crippen molar-refractivity contribution in [2.45, 2.75) is 19.4 Å². The van der Waals surface area contributed by atoms with Gasteiger partial charge in [0.1, 0.15) is 0 Å². The van der Waals surface area contributed by atoms with Crippen LogP contribution in [0.1, 0.15) is 34.5 Å². The molecule has 1 N–H and O–H groups in total. The molecule has 14 heavy (non-hydrogen) atoms. The smallest absolute Gasteiger partial charge is 0.340 e. The first kappa shape index (κ1) is 9.15. The van der Waals surface area contributed by atoms with E-state index < -0.39 is 6.10 Å². The van der Waals surface area contributed by atoms with Gasteiger partial charge >= 0.3 is 5.97 Å². The van der Waals surface area contributed by atoms with Crippen LogP contribution in [0.15, 0.2) is 12.4 Å². The summed E-state index contributed by atoms with van der Waals surface area (Å²) >= 11 is 0. The van der Waals surface area contributed by atoms with E-state index in [1.807, 2.05) is 0 Å². The molecule has 0 amide bonds. The zero-order valence-corrected chi connectivity index (χ0v) is 7.86. The molecule has 1 aromatic heterocycles. The summed E-state index contributed by atoms with van der Waals surface area (Å²) in [6.45, 7) is 2.05. The van der Waals surface area contributed by atoms with E-state index >= 15 is 0 Å². The van der Waals surface area contributed by atoms with Crippen LogP contribution < -0.4 is 0 Å². The van der Waals surface area contributed by atoms with E-state index in [4.69, 9.17) is 4.74 Å². The van der Waals surface area contributed by atoms with Crippen molar-refractivity contribution in [1.29, 1.82) is 0 Å². The van der Waals surface area contributed by atoms with E-state index in [0.717, 1.165) is 11.1 Å². The van der Waals surface area contributed by atoms with E-state index in [1.54, 1.807) is 13.1 Å². The lowest BCUT2D eigenvalue weighted by Gasteiger charge is -2.19. The van der Waals surface area contributed by atoms with Crippen molar-refractivity contribution in [2.75, 3.05) is 6.61 Å². The number of carbonyl (C=O) groups is 1. The molecule has 4 nitrogen and oxygen atoms in total. The first-order valence-corrected chi connectivity index (χ1v) is 4.52. The summed E-state index contributed by atoms with van der Waals surface area (Å²) in [6.07, 6.45) is 3.15. The molecule has 0 radical (unpaired) electrons. The van der Waals surface area contributed by atoms with Gasteiger partial charge in [-0.2, -0.15) is 0 Å². The van der Waals surface area contributed by atoms with Crippen LogP contribution in [-0.2, 0) is 11.2 Å². The Morgan fingerprint density at radius 2 is 2.36 bits per heavy atom. The molecular formula is C10H11NO3. The zero-order chi connectivity index (χ0) is 10.1. The normalized spacial score (nSPS) is 17.1. The van der Waals surface area contributed by atoms with Gasteiger partial charge in [0, 0.05) is 24.4 Å². The van der Waals surface area contributed by atoms with Gasteiger partial charge in [0.2, 0.25) is 0 Å². The van der Waals surface area contributed by atoms with Gasteiger partial charge in [0.05, 0.1) is 18.3 Å².